The lowest BCUT2D eigenvalue weighted by molar-refractivity contribution is -0.160. The Morgan fingerprint density at radius 1 is 1.06 bits per heavy atom. The Morgan fingerprint density at radius 2 is 1.56 bits per heavy atom. The maximum absolute atomic E-state index is 12.3. The van der Waals surface area contributed by atoms with Crippen LogP contribution in [0.3, 0.4) is 0 Å². The monoisotopic (exact) mass is 225 g/mol. The van der Waals surface area contributed by atoms with Crippen molar-refractivity contribution < 1.29 is 9.59 Å². The minimum atomic E-state index is -0.405. The molecule has 0 aromatic heterocycles. The number of nitrogens with zero attached hydrogens (tertiary/aromatic N) is 1. The molecule has 1 aliphatic heterocycles. The molecular weight excluding hydrogens is 202 g/mol. The van der Waals surface area contributed by atoms with Crippen LogP contribution in [0.25, 0.3) is 0 Å². The van der Waals surface area contributed by atoms with Crippen molar-refractivity contribution in [1.82, 2.24) is 4.90 Å². The summed E-state index contributed by atoms with van der Waals surface area (Å²) in [6.45, 7) is 11.9. The summed E-state index contributed by atoms with van der Waals surface area (Å²) in [5.74, 6) is -0.0707. The minimum Gasteiger partial charge on any atom is -0.277 e. The molecule has 1 atom stereocenters. The normalized spacial score (nSPS) is 23.9. The van der Waals surface area contributed by atoms with E-state index >= 15 is 0 Å². The van der Waals surface area contributed by atoms with E-state index in [1.54, 1.807) is 0 Å². The average Bonchev–Trinajstić information content (AvgIpc) is 1.97. The van der Waals surface area contributed by atoms with Crippen molar-refractivity contribution in [2.45, 2.75) is 59.9 Å². The van der Waals surface area contributed by atoms with Crippen LogP contribution >= 0.6 is 0 Å². The fourth-order valence-corrected chi connectivity index (χ4v) is 2.29. The van der Waals surface area contributed by atoms with Gasteiger partial charge < -0.3 is 0 Å². The van der Waals surface area contributed by atoms with Gasteiger partial charge in [-0.1, -0.05) is 20.8 Å². The van der Waals surface area contributed by atoms with Gasteiger partial charge in [-0.3, -0.25) is 14.5 Å². The third kappa shape index (κ3) is 2.45. The summed E-state index contributed by atoms with van der Waals surface area (Å²) in [7, 11) is 0. The van der Waals surface area contributed by atoms with Crippen LogP contribution in [0.1, 0.15) is 54.4 Å². The van der Waals surface area contributed by atoms with Crippen LogP contribution < -0.4 is 0 Å². The predicted molar refractivity (Wildman–Crippen MR) is 63.8 cm³/mol. The molecule has 3 nitrogen and oxygen atoms in total. The van der Waals surface area contributed by atoms with Crippen molar-refractivity contribution in [2.24, 2.45) is 11.3 Å². The third-order valence-electron chi connectivity index (χ3n) is 3.13. The average molecular weight is 225 g/mol. The number of carbonyl (C=O) groups excluding carboxylic acids is 2. The van der Waals surface area contributed by atoms with Crippen molar-refractivity contribution in [1.29, 1.82) is 0 Å². The van der Waals surface area contributed by atoms with Gasteiger partial charge >= 0.3 is 0 Å². The lowest BCUT2D eigenvalue weighted by Gasteiger charge is -2.43. The Morgan fingerprint density at radius 3 is 1.94 bits per heavy atom. The molecular formula is C13H23NO2. The van der Waals surface area contributed by atoms with Crippen LogP contribution in [0.5, 0.6) is 0 Å². The van der Waals surface area contributed by atoms with E-state index in [1.807, 2.05) is 20.8 Å². The van der Waals surface area contributed by atoms with Gasteiger partial charge in [0.15, 0.2) is 0 Å². The smallest absolute Gasteiger partial charge is 0.233 e. The summed E-state index contributed by atoms with van der Waals surface area (Å²) < 4.78 is 0. The number of likely N-dealkylation sites (tertiary alicyclic amines) is 1. The molecule has 0 bridgehead atoms. The number of hydrogen-bond acceptors (Lipinski definition) is 2. The molecule has 1 rings (SSSR count). The minimum absolute atomic E-state index is 0.00347. The number of rotatable bonds is 0. The van der Waals surface area contributed by atoms with Crippen molar-refractivity contribution in [3.05, 3.63) is 0 Å². The molecule has 0 aromatic rings. The van der Waals surface area contributed by atoms with Gasteiger partial charge in [-0.2, -0.15) is 0 Å². The zero-order valence-electron chi connectivity index (χ0n) is 11.3. The molecule has 1 heterocycles. The van der Waals surface area contributed by atoms with Crippen LogP contribution in [-0.4, -0.2) is 22.3 Å². The summed E-state index contributed by atoms with van der Waals surface area (Å²) in [5, 5.41) is 0. The summed E-state index contributed by atoms with van der Waals surface area (Å²) in [4.78, 5) is 25.6. The molecule has 92 valence electrons. The zero-order valence-corrected chi connectivity index (χ0v) is 11.3. The summed E-state index contributed by atoms with van der Waals surface area (Å²) in [5.41, 5.74) is -0.473. The molecule has 0 radical (unpaired) electrons. The van der Waals surface area contributed by atoms with Gasteiger partial charge in [0.05, 0.1) is 0 Å². The quantitative estimate of drug-likeness (QED) is 0.594. The van der Waals surface area contributed by atoms with E-state index < -0.39 is 5.54 Å². The van der Waals surface area contributed by atoms with Crippen molar-refractivity contribution >= 4 is 11.8 Å². The Labute approximate surface area is 98.2 Å². The molecule has 16 heavy (non-hydrogen) atoms. The van der Waals surface area contributed by atoms with Crippen LogP contribution in [0.2, 0.25) is 0 Å². The largest absolute Gasteiger partial charge is 0.277 e. The second-order valence-electron chi connectivity index (χ2n) is 6.70. The Hall–Kier alpha value is -0.860. The second-order valence-corrected chi connectivity index (χ2v) is 6.70. The second kappa shape index (κ2) is 3.86. The first-order chi connectivity index (χ1) is 7.05. The number of piperidine rings is 1. The molecule has 1 unspecified atom stereocenters. The first-order valence-electron chi connectivity index (χ1n) is 5.92. The van der Waals surface area contributed by atoms with Crippen LogP contribution in [0, 0.1) is 11.3 Å². The molecule has 2 amide bonds. The Kier molecular flexibility index (Phi) is 3.19. The van der Waals surface area contributed by atoms with Gasteiger partial charge in [0.25, 0.3) is 0 Å². The molecule has 0 saturated carbocycles. The third-order valence-corrected chi connectivity index (χ3v) is 3.13. The molecule has 1 aliphatic rings. The van der Waals surface area contributed by atoms with Crippen LogP contribution in [-0.2, 0) is 9.59 Å². The molecule has 1 saturated heterocycles. The zero-order chi connectivity index (χ0) is 12.7. The highest BCUT2D eigenvalue weighted by atomic mass is 16.2. The van der Waals surface area contributed by atoms with Crippen LogP contribution in [0.4, 0.5) is 0 Å². The summed E-state index contributed by atoms with van der Waals surface area (Å²) in [6.07, 6.45) is 1.18. The van der Waals surface area contributed by atoms with E-state index in [0.717, 1.165) is 0 Å². The van der Waals surface area contributed by atoms with Crippen LogP contribution in [0.15, 0.2) is 0 Å². The van der Waals surface area contributed by atoms with Gasteiger partial charge in [0.1, 0.15) is 0 Å². The van der Waals surface area contributed by atoms with Gasteiger partial charge in [-0.15, -0.1) is 0 Å². The van der Waals surface area contributed by atoms with Gasteiger partial charge in [0.2, 0.25) is 11.8 Å². The predicted octanol–water partition coefficient (Wildman–Crippen LogP) is 2.60. The van der Waals surface area contributed by atoms with Gasteiger partial charge in [-0.05, 0) is 32.6 Å². The highest BCUT2D eigenvalue weighted by Gasteiger charge is 2.44. The summed E-state index contributed by atoms with van der Waals surface area (Å²) in [6, 6.07) is 0. The van der Waals surface area contributed by atoms with Crippen molar-refractivity contribution in [3.8, 4) is 0 Å². The summed E-state index contributed by atoms with van der Waals surface area (Å²) >= 11 is 0. The fourth-order valence-electron chi connectivity index (χ4n) is 2.29. The van der Waals surface area contributed by atoms with E-state index in [1.165, 1.54) is 4.90 Å². The van der Waals surface area contributed by atoms with E-state index in [2.05, 4.69) is 20.8 Å². The molecule has 0 aliphatic carbocycles. The number of amides is 2. The Bertz CT molecular complexity index is 307. The lowest BCUT2D eigenvalue weighted by Crippen LogP contribution is -2.56. The van der Waals surface area contributed by atoms with E-state index in [9.17, 15) is 9.59 Å². The SMILES string of the molecule is CC(C)(C)C1CCC(=O)N(C(C)(C)C)C1=O. The van der Waals surface area contributed by atoms with E-state index in [0.29, 0.717) is 12.8 Å². The molecule has 1 fully saturated rings. The standard InChI is InChI=1S/C13H23NO2/c1-12(2,3)9-7-8-10(15)14(11(9)16)13(4,5)6/h9H,7-8H2,1-6H3. The Balaban J connectivity index is 3.02. The van der Waals surface area contributed by atoms with Crippen molar-refractivity contribution in [2.75, 3.05) is 0 Å². The molecule has 0 aromatic carbocycles. The lowest BCUT2D eigenvalue weighted by atomic mass is 9.74. The molecule has 0 N–H and O–H groups in total. The number of hydrogen-bond donors (Lipinski definition) is 0. The number of carbonyl (C=O) groups is 2. The van der Waals surface area contributed by atoms with Crippen molar-refractivity contribution in [3.63, 3.8) is 0 Å². The first kappa shape index (κ1) is 13.2. The number of imide groups is 1. The highest BCUT2D eigenvalue weighted by Crippen LogP contribution is 2.36. The topological polar surface area (TPSA) is 37.4 Å². The van der Waals surface area contributed by atoms with E-state index in [-0.39, 0.29) is 23.1 Å². The van der Waals surface area contributed by atoms with Gasteiger partial charge in [-0.25, -0.2) is 0 Å². The molecule has 3 heteroatoms. The maximum atomic E-state index is 12.3. The van der Waals surface area contributed by atoms with Gasteiger partial charge in [0, 0.05) is 17.9 Å². The maximum Gasteiger partial charge on any atom is 0.233 e. The first-order valence-corrected chi connectivity index (χ1v) is 5.92. The van der Waals surface area contributed by atoms with E-state index in [4.69, 9.17) is 0 Å². The highest BCUT2D eigenvalue weighted by molar-refractivity contribution is 5.99. The fraction of sp³-hybridized carbons (Fsp3) is 0.846. The molecule has 0 spiro atoms.